The van der Waals surface area contributed by atoms with Gasteiger partial charge in [-0.3, -0.25) is 9.59 Å². The fraction of sp³-hybridized carbons (Fsp3) is 0.310. The van der Waals surface area contributed by atoms with Crippen LogP contribution in [0.5, 0.6) is 5.75 Å². The van der Waals surface area contributed by atoms with Crippen LogP contribution in [-0.4, -0.2) is 44.9 Å². The van der Waals surface area contributed by atoms with Crippen molar-refractivity contribution in [2.24, 2.45) is 5.73 Å². The van der Waals surface area contributed by atoms with Crippen molar-refractivity contribution in [3.05, 3.63) is 89.5 Å². The third-order valence-corrected chi connectivity index (χ3v) is 6.63. The maximum absolute atomic E-state index is 13.2. The molecule has 2 unspecified atom stereocenters. The van der Waals surface area contributed by atoms with Gasteiger partial charge in [-0.25, -0.2) is 0 Å². The van der Waals surface area contributed by atoms with Crippen LogP contribution in [0, 0.1) is 0 Å². The molecule has 0 amide bonds. The molecule has 0 heterocycles. The Labute approximate surface area is 222 Å². The number of fused-ring (bicyclic) bond motifs is 3. The van der Waals surface area contributed by atoms with Crippen LogP contribution in [0.3, 0.4) is 0 Å². The molecule has 0 bridgehead atoms. The average Bonchev–Trinajstić information content (AvgIpc) is 3.15. The van der Waals surface area contributed by atoms with Crippen molar-refractivity contribution in [3.8, 4) is 16.9 Å². The van der Waals surface area contributed by atoms with Crippen molar-refractivity contribution in [1.82, 2.24) is 0 Å². The van der Waals surface area contributed by atoms with Crippen molar-refractivity contribution in [2.75, 3.05) is 12.9 Å². The predicted octanol–water partition coefficient (Wildman–Crippen LogP) is 4.13. The van der Waals surface area contributed by atoms with Crippen LogP contribution < -0.4 is 9.92 Å². The number of nitrogens with two attached hydrogens (primary N) is 1. The fourth-order valence-electron chi connectivity index (χ4n) is 4.60. The minimum Gasteiger partial charge on any atom is -0.463 e. The van der Waals surface area contributed by atoms with E-state index in [2.05, 4.69) is 0 Å². The van der Waals surface area contributed by atoms with E-state index in [0.717, 1.165) is 28.5 Å². The molecule has 8 nitrogen and oxygen atoms in total. The number of esters is 2. The third-order valence-electron chi connectivity index (χ3n) is 6.13. The van der Waals surface area contributed by atoms with E-state index < -0.39 is 39.6 Å². The van der Waals surface area contributed by atoms with E-state index in [4.69, 9.17) is 19.4 Å². The molecule has 38 heavy (non-hydrogen) atoms. The lowest BCUT2D eigenvalue weighted by atomic mass is 9.91. The maximum atomic E-state index is 13.2. The Balaban J connectivity index is 1.56. The lowest BCUT2D eigenvalue weighted by molar-refractivity contribution is -0.161. The van der Waals surface area contributed by atoms with Crippen molar-refractivity contribution in [2.45, 2.75) is 44.2 Å². The summed E-state index contributed by atoms with van der Waals surface area (Å²) in [6, 6.07) is 20.3. The number of ether oxygens (including phenoxy) is 2. The molecule has 0 radical (unpaired) electrons. The summed E-state index contributed by atoms with van der Waals surface area (Å²) in [5.41, 5.74) is 10.2. The first kappa shape index (κ1) is 27.3. The van der Waals surface area contributed by atoms with E-state index in [-0.39, 0.29) is 18.3 Å². The van der Waals surface area contributed by atoms with E-state index >= 15 is 0 Å². The second-order valence-electron chi connectivity index (χ2n) is 10.3. The van der Waals surface area contributed by atoms with Crippen molar-refractivity contribution >= 4 is 22.1 Å². The van der Waals surface area contributed by atoms with E-state index in [1.165, 1.54) is 24.3 Å². The lowest BCUT2D eigenvalue weighted by Crippen LogP contribution is -2.44. The van der Waals surface area contributed by atoms with Gasteiger partial charge in [0.05, 0.1) is 6.26 Å². The summed E-state index contributed by atoms with van der Waals surface area (Å²) >= 11 is 0. The Kier molecular flexibility index (Phi) is 7.62. The molecule has 1 aliphatic carbocycles. The number of hydrogen-bond acceptors (Lipinski definition) is 8. The molecule has 2 N–H and O–H groups in total. The largest absolute Gasteiger partial charge is 0.463 e. The number of hydrogen-bond donors (Lipinski definition) is 1. The highest BCUT2D eigenvalue weighted by atomic mass is 32.2. The number of carbonyl (C=O) groups is 2. The van der Waals surface area contributed by atoms with Crippen LogP contribution in [0.1, 0.15) is 49.3 Å². The van der Waals surface area contributed by atoms with Crippen LogP contribution in [-0.2, 0) is 29.2 Å². The molecular weight excluding hydrogens is 506 g/mol. The SMILES string of the molecule is CC(C)(C)OC(=O)C(c1ccc(OS(C)(=O)=O)cc1)C(N)C(=O)OCC1c2ccccc2-c2ccccc21. The van der Waals surface area contributed by atoms with Gasteiger partial charge in [-0.1, -0.05) is 60.7 Å². The molecule has 2 atom stereocenters. The van der Waals surface area contributed by atoms with Gasteiger partial charge in [0.25, 0.3) is 0 Å². The number of benzene rings is 3. The minimum atomic E-state index is -3.73. The normalized spacial score (nSPS) is 14.7. The molecular formula is C29H31NO7S. The molecule has 0 saturated heterocycles. The van der Waals surface area contributed by atoms with Gasteiger partial charge in [0.15, 0.2) is 0 Å². The summed E-state index contributed by atoms with van der Waals surface area (Å²) in [7, 11) is -3.73. The standard InChI is InChI=1S/C29H31NO7S/c1-29(2,3)36-27(31)25(18-13-15-19(16-14-18)37-38(4,33)34)26(30)28(32)35-17-24-22-11-7-5-9-20(22)21-10-6-8-12-23(21)24/h5-16,24-26H,17,30H2,1-4H3. The first-order valence-corrected chi connectivity index (χ1v) is 14.0. The first-order valence-electron chi connectivity index (χ1n) is 12.2. The highest BCUT2D eigenvalue weighted by molar-refractivity contribution is 7.86. The number of rotatable bonds is 8. The Morgan fingerprint density at radius 1 is 0.868 bits per heavy atom. The van der Waals surface area contributed by atoms with Gasteiger partial charge in [0, 0.05) is 5.92 Å². The van der Waals surface area contributed by atoms with Gasteiger partial charge in [0.1, 0.15) is 29.9 Å². The van der Waals surface area contributed by atoms with E-state index in [1.54, 1.807) is 20.8 Å². The van der Waals surface area contributed by atoms with Gasteiger partial charge < -0.3 is 19.4 Å². The Hall–Kier alpha value is -3.69. The summed E-state index contributed by atoms with van der Waals surface area (Å²) in [6.45, 7) is 5.19. The third kappa shape index (κ3) is 6.23. The summed E-state index contributed by atoms with van der Waals surface area (Å²) in [5, 5.41) is 0. The van der Waals surface area contributed by atoms with E-state index in [9.17, 15) is 18.0 Å². The van der Waals surface area contributed by atoms with Crippen LogP contribution in [0.4, 0.5) is 0 Å². The van der Waals surface area contributed by atoms with Gasteiger partial charge in [0.2, 0.25) is 0 Å². The summed E-state index contributed by atoms with van der Waals surface area (Å²) in [5.74, 6) is -2.73. The van der Waals surface area contributed by atoms with Crippen molar-refractivity contribution in [3.63, 3.8) is 0 Å². The fourth-order valence-corrected chi connectivity index (χ4v) is 5.06. The summed E-state index contributed by atoms with van der Waals surface area (Å²) in [6.07, 6.45) is 0.928. The smallest absolute Gasteiger partial charge is 0.324 e. The van der Waals surface area contributed by atoms with Crippen molar-refractivity contribution < 1.29 is 31.7 Å². The highest BCUT2D eigenvalue weighted by Crippen LogP contribution is 2.44. The van der Waals surface area contributed by atoms with E-state index in [1.807, 2.05) is 48.5 Å². The quantitative estimate of drug-likeness (QED) is 0.336. The van der Waals surface area contributed by atoms with Crippen LogP contribution in [0.2, 0.25) is 0 Å². The second-order valence-corrected chi connectivity index (χ2v) is 11.8. The molecule has 0 saturated carbocycles. The van der Waals surface area contributed by atoms with Crippen LogP contribution in [0.15, 0.2) is 72.8 Å². The van der Waals surface area contributed by atoms with Gasteiger partial charge >= 0.3 is 22.1 Å². The number of carbonyl (C=O) groups excluding carboxylic acids is 2. The molecule has 9 heteroatoms. The highest BCUT2D eigenvalue weighted by Gasteiger charge is 2.38. The molecule has 3 aromatic rings. The molecule has 0 aromatic heterocycles. The monoisotopic (exact) mass is 537 g/mol. The second kappa shape index (κ2) is 10.6. The Bertz CT molecular complexity index is 1400. The van der Waals surface area contributed by atoms with Gasteiger partial charge in [-0.05, 0) is 60.7 Å². The molecule has 0 fully saturated rings. The van der Waals surface area contributed by atoms with Crippen molar-refractivity contribution in [1.29, 1.82) is 0 Å². The van der Waals surface area contributed by atoms with Crippen LogP contribution >= 0.6 is 0 Å². The topological polar surface area (TPSA) is 122 Å². The Morgan fingerprint density at radius 2 is 1.39 bits per heavy atom. The summed E-state index contributed by atoms with van der Waals surface area (Å²) < 4.78 is 39.0. The summed E-state index contributed by atoms with van der Waals surface area (Å²) in [4.78, 5) is 26.4. The zero-order valence-electron chi connectivity index (χ0n) is 21.7. The Morgan fingerprint density at radius 3 is 1.89 bits per heavy atom. The molecule has 0 aliphatic heterocycles. The molecule has 1 aliphatic rings. The zero-order valence-corrected chi connectivity index (χ0v) is 22.5. The minimum absolute atomic E-state index is 0.0583. The molecule has 3 aromatic carbocycles. The maximum Gasteiger partial charge on any atom is 0.324 e. The molecule has 200 valence electrons. The zero-order chi connectivity index (χ0) is 27.7. The first-order chi connectivity index (χ1) is 17.8. The average molecular weight is 538 g/mol. The lowest BCUT2D eigenvalue weighted by Gasteiger charge is -2.27. The van der Waals surface area contributed by atoms with Crippen LogP contribution in [0.25, 0.3) is 11.1 Å². The van der Waals surface area contributed by atoms with Gasteiger partial charge in [-0.2, -0.15) is 8.42 Å². The van der Waals surface area contributed by atoms with Gasteiger partial charge in [-0.15, -0.1) is 0 Å². The van der Waals surface area contributed by atoms with E-state index in [0.29, 0.717) is 5.56 Å². The molecule has 0 spiro atoms. The predicted molar refractivity (Wildman–Crippen MR) is 143 cm³/mol. The molecule has 4 rings (SSSR count).